The quantitative estimate of drug-likeness (QED) is 0.383. The zero-order chi connectivity index (χ0) is 25.7. The van der Waals surface area contributed by atoms with Crippen molar-refractivity contribution in [2.75, 3.05) is 29.0 Å². The lowest BCUT2D eigenvalue weighted by molar-refractivity contribution is -0.274. The molecule has 1 saturated carbocycles. The fourth-order valence-corrected chi connectivity index (χ4v) is 5.47. The van der Waals surface area contributed by atoms with Gasteiger partial charge < -0.3 is 26.0 Å². The van der Waals surface area contributed by atoms with Gasteiger partial charge in [0.15, 0.2) is 0 Å². The summed E-state index contributed by atoms with van der Waals surface area (Å²) in [5.41, 5.74) is 6.48. The van der Waals surface area contributed by atoms with Gasteiger partial charge >= 0.3 is 6.36 Å². The lowest BCUT2D eigenvalue weighted by atomic mass is 9.88. The summed E-state index contributed by atoms with van der Waals surface area (Å²) in [6.45, 7) is 4.02. The Hall–Kier alpha value is -2.53. The van der Waals surface area contributed by atoms with Crippen LogP contribution in [0.2, 0.25) is 5.02 Å². The van der Waals surface area contributed by atoms with Crippen molar-refractivity contribution in [2.45, 2.75) is 76.7 Å². The number of aromatic nitrogens is 3. The largest absolute Gasteiger partial charge is 0.573 e. The third kappa shape index (κ3) is 7.03. The van der Waals surface area contributed by atoms with E-state index >= 15 is 0 Å². The Morgan fingerprint density at radius 1 is 1.17 bits per heavy atom. The average Bonchev–Trinajstić information content (AvgIpc) is 3.35. The fraction of sp³-hybridized carbons (Fsp3) is 0.625. The molecular formula is C24H33ClF3N7O. The number of halogens is 4. The Labute approximate surface area is 214 Å². The van der Waals surface area contributed by atoms with Crippen LogP contribution >= 0.6 is 11.6 Å². The first-order chi connectivity index (χ1) is 17.2. The van der Waals surface area contributed by atoms with Crippen LogP contribution in [0, 0.1) is 5.92 Å². The third-order valence-electron chi connectivity index (χ3n) is 6.87. The standard InChI is InChI=1S/C24H33ClF3N7O/c1-2-19(18-9-6-12-30-18)35(14-15-7-4-3-5-8-15)23-33-21(29)32-22(34-23)31-16-10-11-20(17(25)13-16)36-24(26,27)28/h10-11,13,15,18-19,30H,2-9,12,14H2,1H3,(H3,29,31,32,33,34). The second-order valence-corrected chi connectivity index (χ2v) is 9.88. The molecule has 1 aromatic heterocycles. The smallest absolute Gasteiger partial charge is 0.404 e. The van der Waals surface area contributed by atoms with Crippen LogP contribution in [0.25, 0.3) is 0 Å². The maximum absolute atomic E-state index is 12.6. The van der Waals surface area contributed by atoms with Crippen LogP contribution in [-0.4, -0.2) is 46.5 Å². The Bertz CT molecular complexity index is 1010. The topological polar surface area (TPSA) is 101 Å². The second kappa shape index (κ2) is 11.7. The fourth-order valence-electron chi connectivity index (χ4n) is 5.26. The van der Waals surface area contributed by atoms with Crippen LogP contribution < -0.4 is 26.0 Å². The number of ether oxygens (including phenoxy) is 1. The highest BCUT2D eigenvalue weighted by Gasteiger charge is 2.33. The molecule has 4 N–H and O–H groups in total. The normalized spacial score (nSPS) is 19.8. The van der Waals surface area contributed by atoms with Gasteiger partial charge in [-0.3, -0.25) is 0 Å². The molecule has 0 amide bonds. The molecule has 2 atom stereocenters. The number of nitrogen functional groups attached to an aromatic ring is 1. The minimum atomic E-state index is -4.83. The number of nitrogens with two attached hydrogens (primary N) is 1. The van der Waals surface area contributed by atoms with E-state index in [9.17, 15) is 13.2 Å². The summed E-state index contributed by atoms with van der Waals surface area (Å²) < 4.78 is 41.6. The van der Waals surface area contributed by atoms with Crippen molar-refractivity contribution < 1.29 is 17.9 Å². The van der Waals surface area contributed by atoms with Crippen LogP contribution in [-0.2, 0) is 0 Å². The highest BCUT2D eigenvalue weighted by Crippen LogP contribution is 2.33. The number of rotatable bonds is 9. The number of benzene rings is 1. The van der Waals surface area contributed by atoms with Crippen molar-refractivity contribution in [3.05, 3.63) is 23.2 Å². The molecule has 12 heteroatoms. The van der Waals surface area contributed by atoms with Crippen LogP contribution in [0.4, 0.5) is 36.7 Å². The van der Waals surface area contributed by atoms with Gasteiger partial charge in [-0.05, 0) is 62.8 Å². The van der Waals surface area contributed by atoms with E-state index in [2.05, 4.69) is 42.1 Å². The first-order valence-electron chi connectivity index (χ1n) is 12.6. The van der Waals surface area contributed by atoms with Crippen LogP contribution in [0.5, 0.6) is 5.75 Å². The van der Waals surface area contributed by atoms with Gasteiger partial charge in [0.1, 0.15) is 5.75 Å². The molecule has 0 radical (unpaired) electrons. The molecule has 2 heterocycles. The highest BCUT2D eigenvalue weighted by atomic mass is 35.5. The molecule has 1 aliphatic heterocycles. The first-order valence-corrected chi connectivity index (χ1v) is 12.9. The number of alkyl halides is 3. The van der Waals surface area contributed by atoms with E-state index < -0.39 is 12.1 Å². The van der Waals surface area contributed by atoms with Crippen molar-refractivity contribution in [3.8, 4) is 5.75 Å². The lowest BCUT2D eigenvalue weighted by Gasteiger charge is -2.38. The van der Waals surface area contributed by atoms with Crippen molar-refractivity contribution in [1.82, 2.24) is 20.3 Å². The second-order valence-electron chi connectivity index (χ2n) is 9.47. The molecular weight excluding hydrogens is 495 g/mol. The molecule has 8 nitrogen and oxygen atoms in total. The first kappa shape index (κ1) is 26.5. The Balaban J connectivity index is 1.59. The predicted molar refractivity (Wildman–Crippen MR) is 135 cm³/mol. The molecule has 2 aromatic rings. The Kier molecular flexibility index (Phi) is 8.61. The van der Waals surface area contributed by atoms with Gasteiger partial charge in [-0.15, -0.1) is 13.2 Å². The van der Waals surface area contributed by atoms with Crippen molar-refractivity contribution in [3.63, 3.8) is 0 Å². The van der Waals surface area contributed by atoms with E-state index in [1.165, 1.54) is 44.2 Å². The number of anilines is 4. The number of hydrogen-bond acceptors (Lipinski definition) is 8. The molecule has 1 aliphatic carbocycles. The summed E-state index contributed by atoms with van der Waals surface area (Å²) >= 11 is 6.00. The molecule has 0 bridgehead atoms. The molecule has 1 aromatic carbocycles. The van der Waals surface area contributed by atoms with Gasteiger partial charge in [0.25, 0.3) is 0 Å². The summed E-state index contributed by atoms with van der Waals surface area (Å²) in [4.78, 5) is 15.6. The van der Waals surface area contributed by atoms with Crippen LogP contribution in [0.1, 0.15) is 58.3 Å². The van der Waals surface area contributed by atoms with E-state index in [1.54, 1.807) is 0 Å². The maximum Gasteiger partial charge on any atom is 0.573 e. The van der Waals surface area contributed by atoms with Gasteiger partial charge in [-0.2, -0.15) is 15.0 Å². The molecule has 0 spiro atoms. The molecule has 198 valence electrons. The van der Waals surface area contributed by atoms with Crippen LogP contribution in [0.15, 0.2) is 18.2 Å². The maximum atomic E-state index is 12.6. The molecule has 2 unspecified atom stereocenters. The predicted octanol–water partition coefficient (Wildman–Crippen LogP) is 5.67. The Morgan fingerprint density at radius 2 is 1.94 bits per heavy atom. The number of hydrogen-bond donors (Lipinski definition) is 3. The van der Waals surface area contributed by atoms with Gasteiger partial charge in [0.05, 0.1) is 5.02 Å². The van der Waals surface area contributed by atoms with Crippen LogP contribution in [0.3, 0.4) is 0 Å². The van der Waals surface area contributed by atoms with Crippen molar-refractivity contribution >= 4 is 35.1 Å². The van der Waals surface area contributed by atoms with E-state index in [0.717, 1.165) is 38.4 Å². The van der Waals surface area contributed by atoms with E-state index in [-0.39, 0.29) is 23.0 Å². The zero-order valence-electron chi connectivity index (χ0n) is 20.3. The third-order valence-corrected chi connectivity index (χ3v) is 7.17. The zero-order valence-corrected chi connectivity index (χ0v) is 21.1. The lowest BCUT2D eigenvalue weighted by Crippen LogP contribution is -2.50. The molecule has 2 fully saturated rings. The SMILES string of the molecule is CCC(C1CCCN1)N(CC1CCCCC1)c1nc(N)nc(Nc2ccc(OC(F)(F)F)c(Cl)c2)n1. The molecule has 2 aliphatic rings. The number of nitrogens with zero attached hydrogens (tertiary/aromatic N) is 4. The Morgan fingerprint density at radius 3 is 2.58 bits per heavy atom. The van der Waals surface area contributed by atoms with E-state index in [0.29, 0.717) is 23.6 Å². The average molecular weight is 528 g/mol. The van der Waals surface area contributed by atoms with Gasteiger partial charge in [-0.25, -0.2) is 0 Å². The van der Waals surface area contributed by atoms with Gasteiger partial charge in [0, 0.05) is 24.3 Å². The molecule has 36 heavy (non-hydrogen) atoms. The summed E-state index contributed by atoms with van der Waals surface area (Å²) in [6, 6.07) is 4.41. The monoisotopic (exact) mass is 527 g/mol. The number of nitrogens with one attached hydrogen (secondary N) is 2. The highest BCUT2D eigenvalue weighted by molar-refractivity contribution is 6.32. The molecule has 1 saturated heterocycles. The van der Waals surface area contributed by atoms with E-state index in [1.807, 2.05) is 0 Å². The minimum absolute atomic E-state index is 0.0634. The van der Waals surface area contributed by atoms with E-state index in [4.69, 9.17) is 17.3 Å². The van der Waals surface area contributed by atoms with Crippen molar-refractivity contribution in [2.24, 2.45) is 5.92 Å². The summed E-state index contributed by atoms with van der Waals surface area (Å²) in [5.74, 6) is 0.830. The molecule has 4 rings (SSSR count). The summed E-state index contributed by atoms with van der Waals surface area (Å²) in [6.07, 6.45) is 4.44. The van der Waals surface area contributed by atoms with Gasteiger partial charge in [0.2, 0.25) is 17.8 Å². The van der Waals surface area contributed by atoms with Crippen molar-refractivity contribution in [1.29, 1.82) is 0 Å². The van der Waals surface area contributed by atoms with Gasteiger partial charge in [-0.1, -0.05) is 37.8 Å². The summed E-state index contributed by atoms with van der Waals surface area (Å²) in [7, 11) is 0. The summed E-state index contributed by atoms with van der Waals surface area (Å²) in [5, 5.41) is 6.42. The minimum Gasteiger partial charge on any atom is -0.404 e.